The molecule has 1 N–H and O–H groups in total. The highest BCUT2D eigenvalue weighted by Crippen LogP contribution is 2.25. The lowest BCUT2D eigenvalue weighted by Gasteiger charge is -2.08. The van der Waals surface area contributed by atoms with Crippen molar-refractivity contribution in [3.05, 3.63) is 77.0 Å². The van der Waals surface area contributed by atoms with Gasteiger partial charge in [-0.05, 0) is 30.2 Å². The summed E-state index contributed by atoms with van der Waals surface area (Å²) in [6.07, 6.45) is 5.16. The molecular formula is C18H14N4O. The van der Waals surface area contributed by atoms with E-state index in [4.69, 9.17) is 0 Å². The fraction of sp³-hybridized carbons (Fsp3) is 0.0556. The van der Waals surface area contributed by atoms with Gasteiger partial charge in [0.15, 0.2) is 0 Å². The molecule has 3 heterocycles. The van der Waals surface area contributed by atoms with Crippen molar-refractivity contribution in [2.24, 2.45) is 0 Å². The Hall–Kier alpha value is -3.21. The van der Waals surface area contributed by atoms with E-state index in [2.05, 4.69) is 15.1 Å². The molecule has 23 heavy (non-hydrogen) atoms. The number of benzene rings is 1. The third-order valence-electron chi connectivity index (χ3n) is 3.95. The fourth-order valence-electron chi connectivity index (χ4n) is 2.74. The molecule has 0 saturated carbocycles. The fourth-order valence-corrected chi connectivity index (χ4v) is 2.74. The molecule has 4 rings (SSSR count). The summed E-state index contributed by atoms with van der Waals surface area (Å²) >= 11 is 0. The van der Waals surface area contributed by atoms with Gasteiger partial charge in [0.1, 0.15) is 5.65 Å². The van der Waals surface area contributed by atoms with Gasteiger partial charge >= 0.3 is 0 Å². The molecule has 0 fully saturated rings. The van der Waals surface area contributed by atoms with Crippen LogP contribution < -0.4 is 5.56 Å². The number of hydrogen-bond donors (Lipinski definition) is 1. The number of nitrogens with zero attached hydrogens (tertiary/aromatic N) is 3. The second-order valence-corrected chi connectivity index (χ2v) is 5.35. The van der Waals surface area contributed by atoms with Crippen LogP contribution in [0.15, 0.2) is 65.8 Å². The van der Waals surface area contributed by atoms with E-state index in [1.54, 1.807) is 18.6 Å². The molecule has 0 spiro atoms. The lowest BCUT2D eigenvalue weighted by atomic mass is 10.1. The van der Waals surface area contributed by atoms with Gasteiger partial charge in [0.05, 0.1) is 11.9 Å². The van der Waals surface area contributed by atoms with Crippen LogP contribution in [0, 0.1) is 6.92 Å². The summed E-state index contributed by atoms with van der Waals surface area (Å²) < 4.78 is 1.41. The maximum Gasteiger partial charge on any atom is 0.277 e. The van der Waals surface area contributed by atoms with Gasteiger partial charge in [-0.25, -0.2) is 0 Å². The molecule has 0 saturated heterocycles. The van der Waals surface area contributed by atoms with Crippen LogP contribution in [0.5, 0.6) is 0 Å². The summed E-state index contributed by atoms with van der Waals surface area (Å²) in [6.45, 7) is 1.81. The van der Waals surface area contributed by atoms with Gasteiger partial charge in [-0.1, -0.05) is 30.3 Å². The van der Waals surface area contributed by atoms with E-state index in [-0.39, 0.29) is 5.56 Å². The number of H-pyrrole nitrogens is 1. The van der Waals surface area contributed by atoms with Crippen LogP contribution in [0.3, 0.4) is 0 Å². The number of fused-ring (bicyclic) bond motifs is 1. The first-order valence-electron chi connectivity index (χ1n) is 7.32. The minimum absolute atomic E-state index is 0.113. The maximum atomic E-state index is 12.6. The van der Waals surface area contributed by atoms with Crippen LogP contribution in [0.1, 0.15) is 5.56 Å². The largest absolute Gasteiger partial charge is 0.339 e. The monoisotopic (exact) mass is 302 g/mol. The zero-order chi connectivity index (χ0) is 15.8. The van der Waals surface area contributed by atoms with Gasteiger partial charge in [0.2, 0.25) is 0 Å². The summed E-state index contributed by atoms with van der Waals surface area (Å²) in [5.41, 5.74) is 4.86. The van der Waals surface area contributed by atoms with Crippen LogP contribution in [-0.2, 0) is 0 Å². The molecule has 3 aromatic heterocycles. The van der Waals surface area contributed by atoms with E-state index in [1.165, 1.54) is 4.52 Å². The van der Waals surface area contributed by atoms with Crippen molar-refractivity contribution >= 4 is 5.65 Å². The molecule has 0 aliphatic carbocycles. The molecule has 0 atom stereocenters. The lowest BCUT2D eigenvalue weighted by molar-refractivity contribution is 0.887. The highest BCUT2D eigenvalue weighted by atomic mass is 16.1. The number of aromatic nitrogens is 4. The van der Waals surface area contributed by atoms with Crippen LogP contribution in [-0.4, -0.2) is 19.6 Å². The van der Waals surface area contributed by atoms with Crippen molar-refractivity contribution in [3.63, 3.8) is 0 Å². The van der Waals surface area contributed by atoms with E-state index in [1.807, 2.05) is 49.4 Å². The van der Waals surface area contributed by atoms with E-state index in [9.17, 15) is 4.79 Å². The number of pyridine rings is 1. The van der Waals surface area contributed by atoms with Gasteiger partial charge in [-0.3, -0.25) is 9.78 Å². The van der Waals surface area contributed by atoms with Crippen molar-refractivity contribution < 1.29 is 0 Å². The molecule has 5 heteroatoms. The molecule has 0 unspecified atom stereocenters. The zero-order valence-electron chi connectivity index (χ0n) is 12.5. The first-order valence-corrected chi connectivity index (χ1v) is 7.32. The van der Waals surface area contributed by atoms with E-state index >= 15 is 0 Å². The average molecular weight is 302 g/mol. The standard InChI is InChI=1S/C18H14N4O/c1-12-16(14-5-3-2-4-6-14)21-17-15(11-20-22(17)18(12)23)13-7-9-19-10-8-13/h2-11,21H,1H3. The van der Waals surface area contributed by atoms with E-state index in [0.29, 0.717) is 11.2 Å². The average Bonchev–Trinajstić information content (AvgIpc) is 3.03. The Balaban J connectivity index is 2.04. The summed E-state index contributed by atoms with van der Waals surface area (Å²) in [4.78, 5) is 20.0. The molecule has 5 nitrogen and oxygen atoms in total. The Bertz CT molecular complexity index is 1030. The smallest absolute Gasteiger partial charge is 0.277 e. The van der Waals surface area contributed by atoms with Crippen molar-refractivity contribution in [3.8, 4) is 22.4 Å². The summed E-state index contributed by atoms with van der Waals surface area (Å²) in [5.74, 6) is 0. The van der Waals surface area contributed by atoms with Gasteiger partial charge in [0.25, 0.3) is 5.56 Å². The molecule has 0 amide bonds. The predicted octanol–water partition coefficient (Wildman–Crippen LogP) is 3.06. The van der Waals surface area contributed by atoms with E-state index < -0.39 is 0 Å². The molecule has 112 valence electrons. The van der Waals surface area contributed by atoms with Crippen molar-refractivity contribution in [2.75, 3.05) is 0 Å². The molecule has 0 aliphatic heterocycles. The quantitative estimate of drug-likeness (QED) is 0.619. The predicted molar refractivity (Wildman–Crippen MR) is 89.2 cm³/mol. The Morgan fingerprint density at radius 3 is 2.48 bits per heavy atom. The Morgan fingerprint density at radius 1 is 1.00 bits per heavy atom. The third kappa shape index (κ3) is 2.14. The van der Waals surface area contributed by atoms with Gasteiger partial charge in [-0.2, -0.15) is 9.61 Å². The third-order valence-corrected chi connectivity index (χ3v) is 3.95. The summed E-state index contributed by atoms with van der Waals surface area (Å²) in [5, 5.41) is 4.24. The summed E-state index contributed by atoms with van der Waals surface area (Å²) in [6, 6.07) is 13.6. The van der Waals surface area contributed by atoms with Crippen molar-refractivity contribution in [2.45, 2.75) is 6.92 Å². The molecule has 0 aliphatic rings. The lowest BCUT2D eigenvalue weighted by Crippen LogP contribution is -2.19. The van der Waals surface area contributed by atoms with Gasteiger partial charge in [-0.15, -0.1) is 0 Å². The van der Waals surface area contributed by atoms with Gasteiger partial charge < -0.3 is 4.98 Å². The zero-order valence-corrected chi connectivity index (χ0v) is 12.5. The molecule has 0 radical (unpaired) electrons. The maximum absolute atomic E-state index is 12.6. The van der Waals surface area contributed by atoms with E-state index in [0.717, 1.165) is 22.4 Å². The second kappa shape index (κ2) is 5.21. The molecule has 0 bridgehead atoms. The van der Waals surface area contributed by atoms with Crippen molar-refractivity contribution in [1.82, 2.24) is 19.6 Å². The Kier molecular flexibility index (Phi) is 3.05. The molecular weight excluding hydrogens is 288 g/mol. The van der Waals surface area contributed by atoms with Crippen LogP contribution in [0.2, 0.25) is 0 Å². The normalized spacial score (nSPS) is 11.0. The minimum atomic E-state index is -0.113. The Morgan fingerprint density at radius 2 is 1.74 bits per heavy atom. The minimum Gasteiger partial charge on any atom is -0.339 e. The number of hydrogen-bond acceptors (Lipinski definition) is 3. The van der Waals surface area contributed by atoms with Crippen molar-refractivity contribution in [1.29, 1.82) is 0 Å². The molecule has 4 aromatic rings. The topological polar surface area (TPSA) is 63.1 Å². The highest BCUT2D eigenvalue weighted by molar-refractivity contribution is 5.78. The second-order valence-electron chi connectivity index (χ2n) is 5.35. The summed E-state index contributed by atoms with van der Waals surface area (Å²) in [7, 11) is 0. The van der Waals surface area contributed by atoms with Gasteiger partial charge in [0, 0.05) is 23.5 Å². The molecule has 1 aromatic carbocycles. The number of aromatic amines is 1. The van der Waals surface area contributed by atoms with Crippen LogP contribution >= 0.6 is 0 Å². The van der Waals surface area contributed by atoms with Crippen LogP contribution in [0.4, 0.5) is 0 Å². The number of nitrogens with one attached hydrogen (secondary N) is 1. The Labute approximate surface area is 132 Å². The SMILES string of the molecule is Cc1c(-c2ccccc2)[nH]c2c(-c3ccncc3)cnn2c1=O. The highest BCUT2D eigenvalue weighted by Gasteiger charge is 2.14. The number of rotatable bonds is 2. The van der Waals surface area contributed by atoms with Crippen LogP contribution in [0.25, 0.3) is 28.0 Å². The first-order chi connectivity index (χ1) is 11.3. The first kappa shape index (κ1) is 13.5.